The summed E-state index contributed by atoms with van der Waals surface area (Å²) >= 11 is 1.36. The Balaban J connectivity index is 1.90. The number of carbonyl (C=O) groups excluding carboxylic acids is 1. The van der Waals surface area contributed by atoms with Crippen LogP contribution in [0.5, 0.6) is 0 Å². The number of nitriles is 1. The molecule has 0 aromatic heterocycles. The Labute approximate surface area is 88.0 Å². The van der Waals surface area contributed by atoms with Crippen LogP contribution >= 0.6 is 11.8 Å². The number of hydrogen-bond acceptors (Lipinski definition) is 3. The molecule has 0 amide bonds. The minimum Gasteiger partial charge on any atom is -0.299 e. The molecule has 4 aliphatic rings. The second kappa shape index (κ2) is 3.00. The fourth-order valence-corrected chi connectivity index (χ4v) is 4.77. The Morgan fingerprint density at radius 2 is 2.14 bits per heavy atom. The zero-order valence-corrected chi connectivity index (χ0v) is 8.80. The summed E-state index contributed by atoms with van der Waals surface area (Å²) in [6.07, 6.45) is 4.58. The van der Waals surface area contributed by atoms with E-state index in [-0.39, 0.29) is 5.92 Å². The molecule has 0 aromatic carbocycles. The molecule has 0 unspecified atom stereocenters. The largest absolute Gasteiger partial charge is 0.299 e. The molecular weight excluding hydrogens is 194 g/mol. The van der Waals surface area contributed by atoms with Gasteiger partial charge in [0.15, 0.2) is 0 Å². The van der Waals surface area contributed by atoms with Crippen LogP contribution in [0.25, 0.3) is 0 Å². The van der Waals surface area contributed by atoms with E-state index in [9.17, 15) is 4.79 Å². The lowest BCUT2D eigenvalue weighted by Crippen LogP contribution is -2.52. The number of ketones is 1. The summed E-state index contributed by atoms with van der Waals surface area (Å²) in [6.45, 7) is 0. The van der Waals surface area contributed by atoms with E-state index in [0.29, 0.717) is 22.9 Å². The molecular formula is C11H13NOS. The minimum absolute atomic E-state index is 0.232. The van der Waals surface area contributed by atoms with E-state index in [0.717, 1.165) is 25.2 Å². The first-order chi connectivity index (χ1) is 6.79. The normalized spacial score (nSPS) is 49.4. The topological polar surface area (TPSA) is 40.9 Å². The molecule has 4 fully saturated rings. The molecule has 5 atom stereocenters. The van der Waals surface area contributed by atoms with Gasteiger partial charge in [0.2, 0.25) is 0 Å². The first kappa shape index (κ1) is 8.79. The molecule has 2 nitrogen and oxygen atoms in total. The second-order valence-electron chi connectivity index (χ2n) is 4.95. The predicted octanol–water partition coefficient (Wildman–Crippen LogP) is 2.20. The molecule has 74 valence electrons. The average Bonchev–Trinajstić information content (AvgIpc) is 2.18. The van der Waals surface area contributed by atoms with Crippen LogP contribution in [-0.4, -0.2) is 11.0 Å². The van der Waals surface area contributed by atoms with Gasteiger partial charge in [-0.1, -0.05) is 0 Å². The lowest BCUT2D eigenvalue weighted by Gasteiger charge is -2.52. The van der Waals surface area contributed by atoms with E-state index in [4.69, 9.17) is 5.26 Å². The van der Waals surface area contributed by atoms with Crippen LogP contribution in [0.2, 0.25) is 0 Å². The number of nitrogens with zero attached hydrogens (tertiary/aromatic N) is 1. The van der Waals surface area contributed by atoms with Crippen LogP contribution < -0.4 is 0 Å². The number of rotatable bonds is 1. The maximum atomic E-state index is 11.9. The van der Waals surface area contributed by atoms with Gasteiger partial charge in [-0.2, -0.15) is 5.26 Å². The molecule has 4 aliphatic carbocycles. The van der Waals surface area contributed by atoms with Crippen LogP contribution in [0.3, 0.4) is 0 Å². The summed E-state index contributed by atoms with van der Waals surface area (Å²) in [6, 6.07) is 0. The van der Waals surface area contributed by atoms with E-state index in [1.54, 1.807) is 0 Å². The van der Waals surface area contributed by atoms with Crippen molar-refractivity contribution in [3.8, 4) is 5.40 Å². The second-order valence-corrected chi connectivity index (χ2v) is 5.91. The highest BCUT2D eigenvalue weighted by Gasteiger charge is 2.53. The highest BCUT2D eigenvalue weighted by Crippen LogP contribution is 2.55. The standard InChI is InChI=1S/C11H13NOS/c12-5-14-11-8-2-6-1-7(4-8)10(13)9(11)3-6/h6-9,11H,1-4H2/t6-,7+,8-,9+,11+/m0/s1. The third kappa shape index (κ3) is 1.07. The summed E-state index contributed by atoms with van der Waals surface area (Å²) in [7, 11) is 0. The smallest absolute Gasteiger partial charge is 0.140 e. The first-order valence-electron chi connectivity index (χ1n) is 5.38. The Hall–Kier alpha value is -0.490. The molecule has 0 N–H and O–H groups in total. The summed E-state index contributed by atoms with van der Waals surface area (Å²) in [4.78, 5) is 11.9. The van der Waals surface area contributed by atoms with E-state index >= 15 is 0 Å². The predicted molar refractivity (Wildman–Crippen MR) is 54.4 cm³/mol. The van der Waals surface area contributed by atoms with Crippen molar-refractivity contribution in [2.45, 2.75) is 30.9 Å². The lowest BCUT2D eigenvalue weighted by atomic mass is 9.55. The van der Waals surface area contributed by atoms with Crippen LogP contribution in [-0.2, 0) is 4.79 Å². The van der Waals surface area contributed by atoms with Crippen molar-refractivity contribution in [1.82, 2.24) is 0 Å². The summed E-state index contributed by atoms with van der Waals surface area (Å²) in [5.41, 5.74) is 0. The summed E-state index contributed by atoms with van der Waals surface area (Å²) in [5, 5.41) is 11.3. The molecule has 0 aliphatic heterocycles. The molecule has 4 saturated carbocycles. The Bertz CT molecular complexity index is 322. The fourth-order valence-electron chi connectivity index (χ4n) is 3.82. The van der Waals surface area contributed by atoms with Gasteiger partial charge in [-0.05, 0) is 49.3 Å². The summed E-state index contributed by atoms with van der Waals surface area (Å²) < 4.78 is 0. The number of thioether (sulfide) groups is 1. The van der Waals surface area contributed by atoms with Crippen molar-refractivity contribution in [3.63, 3.8) is 0 Å². The Morgan fingerprint density at radius 1 is 1.29 bits per heavy atom. The van der Waals surface area contributed by atoms with Crippen molar-refractivity contribution in [1.29, 1.82) is 5.26 Å². The zero-order valence-electron chi connectivity index (χ0n) is 7.98. The molecule has 0 radical (unpaired) electrons. The Kier molecular flexibility index (Phi) is 1.88. The van der Waals surface area contributed by atoms with Crippen molar-refractivity contribution in [2.75, 3.05) is 0 Å². The van der Waals surface area contributed by atoms with E-state index in [1.807, 2.05) is 0 Å². The third-order valence-electron chi connectivity index (χ3n) is 4.25. The van der Waals surface area contributed by atoms with Crippen molar-refractivity contribution in [3.05, 3.63) is 0 Å². The number of hydrogen-bond donors (Lipinski definition) is 0. The first-order valence-corrected chi connectivity index (χ1v) is 6.26. The highest BCUT2D eigenvalue weighted by molar-refractivity contribution is 8.04. The maximum absolute atomic E-state index is 11.9. The van der Waals surface area contributed by atoms with E-state index in [2.05, 4.69) is 5.40 Å². The molecule has 0 aromatic rings. The van der Waals surface area contributed by atoms with Crippen LogP contribution in [0.15, 0.2) is 0 Å². The number of carbonyl (C=O) groups is 1. The average molecular weight is 207 g/mol. The number of Topliss-reactive ketones (excluding diaryl/α,β-unsaturated/α-hetero) is 1. The van der Waals surface area contributed by atoms with Gasteiger partial charge >= 0.3 is 0 Å². The molecule has 4 bridgehead atoms. The van der Waals surface area contributed by atoms with Crippen molar-refractivity contribution in [2.24, 2.45) is 23.7 Å². The lowest BCUT2D eigenvalue weighted by molar-refractivity contribution is -0.139. The molecule has 14 heavy (non-hydrogen) atoms. The van der Waals surface area contributed by atoms with Crippen LogP contribution in [0.4, 0.5) is 0 Å². The number of thiocyanates is 1. The molecule has 0 spiro atoms. The quantitative estimate of drug-likeness (QED) is 0.619. The van der Waals surface area contributed by atoms with E-state index < -0.39 is 0 Å². The van der Waals surface area contributed by atoms with E-state index in [1.165, 1.54) is 18.2 Å². The molecule has 3 heteroatoms. The molecule has 0 saturated heterocycles. The van der Waals surface area contributed by atoms with Crippen molar-refractivity contribution < 1.29 is 4.79 Å². The third-order valence-corrected chi connectivity index (χ3v) is 5.34. The van der Waals surface area contributed by atoms with Crippen LogP contribution in [0.1, 0.15) is 25.7 Å². The Morgan fingerprint density at radius 3 is 2.93 bits per heavy atom. The van der Waals surface area contributed by atoms with Gasteiger partial charge in [0.05, 0.1) is 0 Å². The monoisotopic (exact) mass is 207 g/mol. The van der Waals surface area contributed by atoms with Crippen molar-refractivity contribution >= 4 is 17.5 Å². The minimum atomic E-state index is 0.232. The van der Waals surface area contributed by atoms with Gasteiger partial charge in [-0.25, -0.2) is 0 Å². The van der Waals surface area contributed by atoms with Gasteiger partial charge in [0.25, 0.3) is 0 Å². The molecule has 4 rings (SSSR count). The van der Waals surface area contributed by atoms with Gasteiger partial charge in [-0.15, -0.1) is 0 Å². The zero-order chi connectivity index (χ0) is 9.71. The highest BCUT2D eigenvalue weighted by atomic mass is 32.2. The fraction of sp³-hybridized carbons (Fsp3) is 0.818. The van der Waals surface area contributed by atoms with Gasteiger partial charge in [-0.3, -0.25) is 4.79 Å². The SMILES string of the molecule is N#CS[C@@H]1[C@H]2C[C@@H]3C[C@H](C2)C(=O)[C@H]1C3. The molecule has 0 heterocycles. The summed E-state index contributed by atoms with van der Waals surface area (Å²) in [5.74, 6) is 2.55. The van der Waals surface area contributed by atoms with Crippen LogP contribution in [0, 0.1) is 34.3 Å². The van der Waals surface area contributed by atoms with Gasteiger partial charge in [0.1, 0.15) is 11.2 Å². The van der Waals surface area contributed by atoms with Gasteiger partial charge < -0.3 is 0 Å². The maximum Gasteiger partial charge on any atom is 0.140 e. The van der Waals surface area contributed by atoms with Gasteiger partial charge in [0, 0.05) is 17.1 Å².